The van der Waals surface area contributed by atoms with Gasteiger partial charge in [0.15, 0.2) is 6.04 Å². The molecule has 4 aromatic carbocycles. The van der Waals surface area contributed by atoms with Gasteiger partial charge in [-0.1, -0.05) is 121 Å². The van der Waals surface area contributed by atoms with E-state index in [1.54, 1.807) is 4.90 Å². The average Bonchev–Trinajstić information content (AvgIpc) is 3.82. The van der Waals surface area contributed by atoms with Crippen molar-refractivity contribution < 1.29 is 19.1 Å². The van der Waals surface area contributed by atoms with Gasteiger partial charge in [0.05, 0.1) is 12.3 Å². The van der Waals surface area contributed by atoms with Crippen LogP contribution in [-0.4, -0.2) is 65.3 Å². The van der Waals surface area contributed by atoms with Gasteiger partial charge in [-0.2, -0.15) is 5.01 Å². The molecular formula is C43H45N5O4. The molecule has 1 atom stereocenters. The number of benzene rings is 4. The lowest BCUT2D eigenvalue weighted by atomic mass is 9.76. The third-order valence-electron chi connectivity index (χ3n) is 10.9. The van der Waals surface area contributed by atoms with E-state index in [0.717, 1.165) is 46.4 Å². The van der Waals surface area contributed by atoms with Crippen molar-refractivity contribution in [3.05, 3.63) is 166 Å². The van der Waals surface area contributed by atoms with Gasteiger partial charge in [-0.05, 0) is 60.4 Å². The van der Waals surface area contributed by atoms with Crippen LogP contribution in [0.1, 0.15) is 54.9 Å². The number of nitrogens with zero attached hydrogens (tertiary/aromatic N) is 3. The van der Waals surface area contributed by atoms with Gasteiger partial charge < -0.3 is 25.2 Å². The normalized spacial score (nSPS) is 19.5. The smallest absolute Gasteiger partial charge is 0.410 e. The Morgan fingerprint density at radius 3 is 1.85 bits per heavy atom. The SMILES string of the molecule is CCOC(=O)C1C2=C(NN1C1CCN(C(=O)OCc3ccccc3)CC1)C1=C(CC2)NN(C(c2ccccc2)(c2ccccc2)c2ccccc2)C1. The van der Waals surface area contributed by atoms with Crippen molar-refractivity contribution >= 4 is 12.1 Å². The minimum absolute atomic E-state index is 0.0322. The largest absolute Gasteiger partial charge is 0.465 e. The third kappa shape index (κ3) is 6.14. The molecule has 0 radical (unpaired) electrons. The van der Waals surface area contributed by atoms with Gasteiger partial charge in [0.2, 0.25) is 0 Å². The molecule has 4 aliphatic rings. The van der Waals surface area contributed by atoms with Crippen LogP contribution in [0, 0.1) is 0 Å². The lowest BCUT2D eigenvalue weighted by Crippen LogP contribution is -2.55. The highest BCUT2D eigenvalue weighted by Crippen LogP contribution is 2.47. The van der Waals surface area contributed by atoms with Crippen LogP contribution in [-0.2, 0) is 26.4 Å². The molecule has 0 saturated carbocycles. The quantitative estimate of drug-likeness (QED) is 0.149. The van der Waals surface area contributed by atoms with Gasteiger partial charge in [-0.3, -0.25) is 0 Å². The molecule has 3 aliphatic heterocycles. The summed E-state index contributed by atoms with van der Waals surface area (Å²) in [5.41, 5.74) is 15.9. The van der Waals surface area contributed by atoms with Crippen molar-refractivity contribution in [3.8, 4) is 0 Å². The molecule has 1 fully saturated rings. The molecule has 8 rings (SSSR count). The van der Waals surface area contributed by atoms with Gasteiger partial charge in [-0.15, -0.1) is 0 Å². The molecule has 1 saturated heterocycles. The van der Waals surface area contributed by atoms with Crippen LogP contribution in [0.2, 0.25) is 0 Å². The number of hydrazine groups is 2. The first kappa shape index (κ1) is 33.7. The summed E-state index contributed by atoms with van der Waals surface area (Å²) in [6, 6.07) is 41.3. The van der Waals surface area contributed by atoms with Crippen molar-refractivity contribution in [1.82, 2.24) is 25.8 Å². The maximum atomic E-state index is 13.8. The van der Waals surface area contributed by atoms with Crippen molar-refractivity contribution in [3.63, 3.8) is 0 Å². The van der Waals surface area contributed by atoms with Gasteiger partial charge in [0.25, 0.3) is 0 Å². The topological polar surface area (TPSA) is 86.4 Å². The summed E-state index contributed by atoms with van der Waals surface area (Å²) in [5.74, 6) is -0.233. The number of carbonyl (C=O) groups excluding carboxylic acids is 2. The Kier molecular flexibility index (Phi) is 9.54. The molecule has 3 heterocycles. The lowest BCUT2D eigenvalue weighted by molar-refractivity contribution is -0.149. The fourth-order valence-electron chi connectivity index (χ4n) is 8.44. The molecule has 1 amide bonds. The summed E-state index contributed by atoms with van der Waals surface area (Å²) < 4.78 is 11.3. The second-order valence-corrected chi connectivity index (χ2v) is 13.8. The number of allylic oxidation sites excluding steroid dienone is 1. The molecule has 0 aromatic heterocycles. The fraction of sp³-hybridized carbons (Fsp3) is 0.302. The molecule has 0 bridgehead atoms. The third-order valence-corrected chi connectivity index (χ3v) is 10.9. The Labute approximate surface area is 305 Å². The van der Waals surface area contributed by atoms with Crippen LogP contribution >= 0.6 is 0 Å². The second kappa shape index (κ2) is 14.7. The van der Waals surface area contributed by atoms with Crippen LogP contribution in [0.15, 0.2) is 144 Å². The Hall–Kier alpha value is -5.38. The minimum atomic E-state index is -0.636. The number of carbonyl (C=O) groups is 2. The zero-order chi connectivity index (χ0) is 35.5. The van der Waals surface area contributed by atoms with E-state index in [4.69, 9.17) is 9.47 Å². The number of hydrogen-bond donors (Lipinski definition) is 2. The highest BCUT2D eigenvalue weighted by atomic mass is 16.6. The maximum absolute atomic E-state index is 13.8. The highest BCUT2D eigenvalue weighted by Gasteiger charge is 2.50. The van der Waals surface area contributed by atoms with E-state index in [9.17, 15) is 9.59 Å². The molecule has 2 N–H and O–H groups in total. The number of hydrogen-bond acceptors (Lipinski definition) is 8. The van der Waals surface area contributed by atoms with E-state index in [2.05, 4.69) is 112 Å². The first-order valence-corrected chi connectivity index (χ1v) is 18.4. The van der Waals surface area contributed by atoms with E-state index in [0.29, 0.717) is 39.1 Å². The van der Waals surface area contributed by atoms with E-state index in [-0.39, 0.29) is 24.7 Å². The van der Waals surface area contributed by atoms with E-state index < -0.39 is 11.6 Å². The summed E-state index contributed by atoms with van der Waals surface area (Å²) in [7, 11) is 0. The maximum Gasteiger partial charge on any atom is 0.410 e. The van der Waals surface area contributed by atoms with Crippen molar-refractivity contribution in [2.75, 3.05) is 26.2 Å². The molecule has 266 valence electrons. The number of amides is 1. The molecule has 52 heavy (non-hydrogen) atoms. The van der Waals surface area contributed by atoms with Crippen LogP contribution in [0.3, 0.4) is 0 Å². The molecule has 1 unspecified atom stereocenters. The Bertz CT molecular complexity index is 1850. The number of piperidine rings is 1. The minimum Gasteiger partial charge on any atom is -0.465 e. The summed E-state index contributed by atoms with van der Waals surface area (Å²) in [5, 5.41) is 4.49. The summed E-state index contributed by atoms with van der Waals surface area (Å²) in [4.78, 5) is 28.5. The number of esters is 1. The van der Waals surface area contributed by atoms with Crippen molar-refractivity contribution in [2.45, 2.75) is 56.8 Å². The van der Waals surface area contributed by atoms with E-state index >= 15 is 0 Å². The van der Waals surface area contributed by atoms with Crippen molar-refractivity contribution in [2.24, 2.45) is 0 Å². The number of nitrogens with one attached hydrogen (secondary N) is 2. The first-order valence-electron chi connectivity index (χ1n) is 18.4. The predicted molar refractivity (Wildman–Crippen MR) is 199 cm³/mol. The van der Waals surface area contributed by atoms with E-state index in [1.807, 2.05) is 37.3 Å². The summed E-state index contributed by atoms with van der Waals surface area (Å²) in [6.45, 7) is 4.14. The van der Waals surface area contributed by atoms with Crippen LogP contribution in [0.5, 0.6) is 0 Å². The standard InChI is InChI=1S/C43H45N5O4/c1-2-51-41(49)40-36-23-24-38-37(39(36)45-48(40)35-25-27-46(28-26-35)42(50)52-30-31-15-7-3-8-16-31)29-47(44-38)43(32-17-9-4-10-18-32,33-19-11-5-12-20-33)34-21-13-6-14-22-34/h3-22,35,40,44-45H,2,23-30H2,1H3. The molecule has 1 aliphatic carbocycles. The number of likely N-dealkylation sites (tertiary alicyclic amines) is 1. The zero-order valence-electron chi connectivity index (χ0n) is 29.5. The molecule has 0 spiro atoms. The highest BCUT2D eigenvalue weighted by molar-refractivity contribution is 5.81. The van der Waals surface area contributed by atoms with Crippen molar-refractivity contribution in [1.29, 1.82) is 0 Å². The molecule has 9 heteroatoms. The van der Waals surface area contributed by atoms with Gasteiger partial charge >= 0.3 is 12.1 Å². The summed E-state index contributed by atoms with van der Waals surface area (Å²) in [6.07, 6.45) is 2.64. The Balaban J connectivity index is 1.06. The van der Waals surface area contributed by atoms with Crippen LogP contribution in [0.4, 0.5) is 4.79 Å². The fourth-order valence-corrected chi connectivity index (χ4v) is 8.44. The number of ether oxygens (including phenoxy) is 2. The van der Waals surface area contributed by atoms with Crippen LogP contribution < -0.4 is 10.9 Å². The lowest BCUT2D eigenvalue weighted by Gasteiger charge is -2.44. The summed E-state index contributed by atoms with van der Waals surface area (Å²) >= 11 is 0. The van der Waals surface area contributed by atoms with Gasteiger partial charge in [0, 0.05) is 36.9 Å². The van der Waals surface area contributed by atoms with Gasteiger partial charge in [0.1, 0.15) is 12.1 Å². The zero-order valence-corrected chi connectivity index (χ0v) is 29.5. The predicted octanol–water partition coefficient (Wildman–Crippen LogP) is 6.65. The second-order valence-electron chi connectivity index (χ2n) is 13.8. The molecule has 4 aromatic rings. The Morgan fingerprint density at radius 2 is 1.29 bits per heavy atom. The Morgan fingerprint density at radius 1 is 0.731 bits per heavy atom. The average molecular weight is 696 g/mol. The number of rotatable bonds is 9. The number of fused-ring (bicyclic) bond motifs is 1. The first-order chi connectivity index (χ1) is 25.6. The van der Waals surface area contributed by atoms with E-state index in [1.165, 1.54) is 11.3 Å². The molecule has 9 nitrogen and oxygen atoms in total. The van der Waals surface area contributed by atoms with Gasteiger partial charge in [-0.25, -0.2) is 14.6 Å². The van der Waals surface area contributed by atoms with Crippen LogP contribution in [0.25, 0.3) is 0 Å². The molecular weight excluding hydrogens is 651 g/mol. The monoisotopic (exact) mass is 695 g/mol.